The van der Waals surface area contributed by atoms with Crippen molar-refractivity contribution < 1.29 is 4.74 Å². The summed E-state index contributed by atoms with van der Waals surface area (Å²) < 4.78 is 5.62. The molecule has 1 atom stereocenters. The summed E-state index contributed by atoms with van der Waals surface area (Å²) in [7, 11) is 0. The van der Waals surface area contributed by atoms with E-state index >= 15 is 0 Å². The first-order chi connectivity index (χ1) is 9.74. The van der Waals surface area contributed by atoms with E-state index in [-0.39, 0.29) is 6.04 Å². The summed E-state index contributed by atoms with van der Waals surface area (Å²) in [5, 5.41) is 3.64. The molecular formula is C17H23NOS. The molecular weight excluding hydrogens is 266 g/mol. The van der Waals surface area contributed by atoms with Gasteiger partial charge in [0.15, 0.2) is 0 Å². The van der Waals surface area contributed by atoms with Crippen molar-refractivity contribution in [3.05, 3.63) is 51.7 Å². The molecule has 2 aromatic rings. The second-order valence-electron chi connectivity index (χ2n) is 4.84. The van der Waals surface area contributed by atoms with Crippen LogP contribution in [0.2, 0.25) is 0 Å². The molecule has 1 aromatic carbocycles. The Morgan fingerprint density at radius 2 is 2.05 bits per heavy atom. The largest absolute Gasteiger partial charge is 0.494 e. The van der Waals surface area contributed by atoms with Crippen molar-refractivity contribution in [1.82, 2.24) is 5.32 Å². The first kappa shape index (κ1) is 15.1. The summed E-state index contributed by atoms with van der Waals surface area (Å²) in [6.45, 7) is 8.08. The van der Waals surface area contributed by atoms with E-state index in [9.17, 15) is 0 Å². The van der Waals surface area contributed by atoms with Crippen LogP contribution in [-0.4, -0.2) is 13.2 Å². The van der Waals surface area contributed by atoms with E-state index in [1.54, 1.807) is 0 Å². The minimum atomic E-state index is 0.258. The molecule has 0 saturated carbocycles. The topological polar surface area (TPSA) is 21.3 Å². The number of rotatable bonds is 7. The maximum atomic E-state index is 5.62. The highest BCUT2D eigenvalue weighted by atomic mass is 32.1. The highest BCUT2D eigenvalue weighted by molar-refractivity contribution is 7.12. The Balaban J connectivity index is 2.28. The monoisotopic (exact) mass is 289 g/mol. The van der Waals surface area contributed by atoms with Crippen LogP contribution >= 0.6 is 11.3 Å². The lowest BCUT2D eigenvalue weighted by Crippen LogP contribution is -2.22. The van der Waals surface area contributed by atoms with E-state index in [4.69, 9.17) is 4.74 Å². The Bertz CT molecular complexity index is 535. The molecule has 108 valence electrons. The van der Waals surface area contributed by atoms with Crippen molar-refractivity contribution in [2.24, 2.45) is 0 Å². The third-order valence-corrected chi connectivity index (χ3v) is 4.21. The summed E-state index contributed by atoms with van der Waals surface area (Å²) in [6, 6.07) is 13.1. The number of nitrogens with one attached hydrogen (secondary N) is 1. The van der Waals surface area contributed by atoms with Gasteiger partial charge in [-0.25, -0.2) is 0 Å². The molecule has 0 aliphatic rings. The number of thiophene rings is 1. The van der Waals surface area contributed by atoms with Crippen LogP contribution < -0.4 is 10.1 Å². The zero-order valence-electron chi connectivity index (χ0n) is 12.5. The average molecular weight is 289 g/mol. The zero-order chi connectivity index (χ0) is 14.4. The van der Waals surface area contributed by atoms with E-state index in [0.29, 0.717) is 6.61 Å². The van der Waals surface area contributed by atoms with Crippen LogP contribution in [0, 0.1) is 6.92 Å². The van der Waals surface area contributed by atoms with Crippen molar-refractivity contribution in [3.63, 3.8) is 0 Å². The summed E-state index contributed by atoms with van der Waals surface area (Å²) in [6.07, 6.45) is 1.13. The van der Waals surface area contributed by atoms with Crippen LogP contribution in [0.5, 0.6) is 5.75 Å². The third-order valence-electron chi connectivity index (χ3n) is 3.15. The van der Waals surface area contributed by atoms with Gasteiger partial charge in [0.1, 0.15) is 5.75 Å². The van der Waals surface area contributed by atoms with Gasteiger partial charge in [-0.1, -0.05) is 19.1 Å². The minimum Gasteiger partial charge on any atom is -0.494 e. The molecule has 2 rings (SSSR count). The SMILES string of the molecule is CCCNC(c1cccc(OCC)c1)c1ccc(C)s1. The lowest BCUT2D eigenvalue weighted by molar-refractivity contribution is 0.339. The highest BCUT2D eigenvalue weighted by Gasteiger charge is 2.15. The molecule has 0 bridgehead atoms. The van der Waals surface area contributed by atoms with Gasteiger partial charge < -0.3 is 10.1 Å². The Morgan fingerprint density at radius 1 is 1.20 bits per heavy atom. The van der Waals surface area contributed by atoms with Crippen molar-refractivity contribution in [2.45, 2.75) is 33.2 Å². The Kier molecular flexibility index (Phi) is 5.62. The molecule has 0 fully saturated rings. The van der Waals surface area contributed by atoms with Crippen LogP contribution in [0.25, 0.3) is 0 Å². The van der Waals surface area contributed by atoms with Crippen LogP contribution in [0.3, 0.4) is 0 Å². The molecule has 0 radical (unpaired) electrons. The lowest BCUT2D eigenvalue weighted by Gasteiger charge is -2.18. The van der Waals surface area contributed by atoms with E-state index in [1.165, 1.54) is 15.3 Å². The van der Waals surface area contributed by atoms with Gasteiger partial charge in [0.05, 0.1) is 12.6 Å². The van der Waals surface area contributed by atoms with Crippen LogP contribution in [0.4, 0.5) is 0 Å². The van der Waals surface area contributed by atoms with Gasteiger partial charge in [-0.05, 0) is 56.6 Å². The van der Waals surface area contributed by atoms with Crippen molar-refractivity contribution in [1.29, 1.82) is 0 Å². The van der Waals surface area contributed by atoms with Crippen LogP contribution in [-0.2, 0) is 0 Å². The maximum absolute atomic E-state index is 5.62. The number of ether oxygens (including phenoxy) is 1. The van der Waals surface area contributed by atoms with E-state index < -0.39 is 0 Å². The summed E-state index contributed by atoms with van der Waals surface area (Å²) in [4.78, 5) is 2.72. The van der Waals surface area contributed by atoms with E-state index in [2.05, 4.69) is 49.5 Å². The second kappa shape index (κ2) is 7.46. The molecule has 1 aromatic heterocycles. The predicted molar refractivity (Wildman–Crippen MR) is 86.8 cm³/mol. The quantitative estimate of drug-likeness (QED) is 0.807. The molecule has 0 saturated heterocycles. The van der Waals surface area contributed by atoms with Crippen molar-refractivity contribution in [3.8, 4) is 5.75 Å². The Morgan fingerprint density at radius 3 is 2.70 bits per heavy atom. The maximum Gasteiger partial charge on any atom is 0.119 e. The number of hydrogen-bond acceptors (Lipinski definition) is 3. The summed E-state index contributed by atoms with van der Waals surface area (Å²) >= 11 is 1.86. The number of aryl methyl sites for hydroxylation is 1. The zero-order valence-corrected chi connectivity index (χ0v) is 13.3. The van der Waals surface area contributed by atoms with Crippen molar-refractivity contribution in [2.75, 3.05) is 13.2 Å². The fraction of sp³-hybridized carbons (Fsp3) is 0.412. The predicted octanol–water partition coefficient (Wildman–Crippen LogP) is 4.54. The normalized spacial score (nSPS) is 12.3. The molecule has 1 unspecified atom stereocenters. The first-order valence-corrected chi connectivity index (χ1v) is 8.08. The lowest BCUT2D eigenvalue weighted by atomic mass is 10.0. The van der Waals surface area contributed by atoms with Gasteiger partial charge in [0, 0.05) is 9.75 Å². The van der Waals surface area contributed by atoms with Crippen molar-refractivity contribution >= 4 is 11.3 Å². The molecule has 0 spiro atoms. The Hall–Kier alpha value is -1.32. The van der Waals surface area contributed by atoms with Gasteiger partial charge in [0.2, 0.25) is 0 Å². The third kappa shape index (κ3) is 3.84. The fourth-order valence-corrected chi connectivity index (χ4v) is 3.21. The first-order valence-electron chi connectivity index (χ1n) is 7.27. The van der Waals surface area contributed by atoms with E-state index in [0.717, 1.165) is 18.7 Å². The molecule has 1 N–H and O–H groups in total. The fourth-order valence-electron chi connectivity index (χ4n) is 2.23. The number of benzene rings is 1. The molecule has 3 heteroatoms. The summed E-state index contributed by atoms with van der Waals surface area (Å²) in [5.74, 6) is 0.946. The molecule has 1 heterocycles. The molecule has 2 nitrogen and oxygen atoms in total. The smallest absolute Gasteiger partial charge is 0.119 e. The van der Waals surface area contributed by atoms with Gasteiger partial charge in [-0.15, -0.1) is 11.3 Å². The summed E-state index contributed by atoms with van der Waals surface area (Å²) in [5.41, 5.74) is 1.27. The number of hydrogen-bond donors (Lipinski definition) is 1. The van der Waals surface area contributed by atoms with Gasteiger partial charge in [0.25, 0.3) is 0 Å². The minimum absolute atomic E-state index is 0.258. The Labute approximate surface area is 125 Å². The van der Waals surface area contributed by atoms with E-state index in [1.807, 2.05) is 24.3 Å². The van der Waals surface area contributed by atoms with Gasteiger partial charge >= 0.3 is 0 Å². The average Bonchev–Trinajstić information content (AvgIpc) is 2.87. The highest BCUT2D eigenvalue weighted by Crippen LogP contribution is 2.30. The standard InChI is InChI=1S/C17H23NOS/c1-4-11-18-17(16-10-9-13(3)20-16)14-7-6-8-15(12-14)19-5-2/h6-10,12,17-18H,4-5,11H2,1-3H3. The molecule has 20 heavy (non-hydrogen) atoms. The molecule has 0 aliphatic carbocycles. The molecule has 0 aliphatic heterocycles. The van der Waals surface area contributed by atoms with Gasteiger partial charge in [-0.3, -0.25) is 0 Å². The van der Waals surface area contributed by atoms with Gasteiger partial charge in [-0.2, -0.15) is 0 Å². The molecule has 0 amide bonds. The van der Waals surface area contributed by atoms with Crippen LogP contribution in [0.1, 0.15) is 41.6 Å². The van der Waals surface area contributed by atoms with Crippen LogP contribution in [0.15, 0.2) is 36.4 Å². The second-order valence-corrected chi connectivity index (χ2v) is 6.16.